The molecular formula is C12H15NS. The fourth-order valence-electron chi connectivity index (χ4n) is 1.17. The predicted octanol–water partition coefficient (Wildman–Crippen LogP) is 3.63. The van der Waals surface area contributed by atoms with E-state index in [1.165, 1.54) is 10.6 Å². The fourth-order valence-corrected chi connectivity index (χ4v) is 1.78. The van der Waals surface area contributed by atoms with E-state index in [0.717, 1.165) is 5.56 Å². The molecule has 14 heavy (non-hydrogen) atoms. The number of benzene rings is 1. The number of anilines is 1. The number of rotatable bonds is 4. The number of hydrogen-bond acceptors (Lipinski definition) is 2. The number of hydrogen-bond donors (Lipinski definition) is 0. The Morgan fingerprint density at radius 3 is 2.50 bits per heavy atom. The van der Waals surface area contributed by atoms with Gasteiger partial charge in [0.05, 0.1) is 0 Å². The Balaban J connectivity index is 3.10. The molecule has 0 aliphatic rings. The van der Waals surface area contributed by atoms with Gasteiger partial charge in [0.1, 0.15) is 0 Å². The van der Waals surface area contributed by atoms with Crippen molar-refractivity contribution < 1.29 is 0 Å². The zero-order chi connectivity index (χ0) is 10.6. The molecule has 0 unspecified atom stereocenters. The second-order valence-electron chi connectivity index (χ2n) is 3.11. The maximum atomic E-state index is 3.81. The van der Waals surface area contributed by atoms with Gasteiger partial charge in [-0.25, -0.2) is 0 Å². The van der Waals surface area contributed by atoms with E-state index in [9.17, 15) is 0 Å². The van der Waals surface area contributed by atoms with E-state index in [0.29, 0.717) is 0 Å². The summed E-state index contributed by atoms with van der Waals surface area (Å²) in [7, 11) is 4.06. The van der Waals surface area contributed by atoms with Gasteiger partial charge in [0, 0.05) is 24.7 Å². The molecule has 0 aromatic heterocycles. The average molecular weight is 205 g/mol. The van der Waals surface area contributed by atoms with E-state index >= 15 is 0 Å². The maximum Gasteiger partial charge on any atom is 0.0367 e. The van der Waals surface area contributed by atoms with Crippen molar-refractivity contribution in [3.63, 3.8) is 0 Å². The molecule has 0 atom stereocenters. The van der Waals surface area contributed by atoms with Gasteiger partial charge in [0.2, 0.25) is 0 Å². The Morgan fingerprint density at radius 1 is 1.29 bits per heavy atom. The summed E-state index contributed by atoms with van der Waals surface area (Å²) in [4.78, 5) is 3.27. The van der Waals surface area contributed by atoms with Crippen molar-refractivity contribution >= 4 is 23.5 Å². The first-order chi connectivity index (χ1) is 6.69. The van der Waals surface area contributed by atoms with Crippen LogP contribution in [0.4, 0.5) is 5.69 Å². The van der Waals surface area contributed by atoms with E-state index in [1.54, 1.807) is 11.8 Å². The summed E-state index contributed by atoms with van der Waals surface area (Å²) in [6.07, 6.45) is 1.87. The van der Waals surface area contributed by atoms with Gasteiger partial charge in [-0.05, 0) is 29.2 Å². The minimum absolute atomic E-state index is 1.15. The molecule has 1 rings (SSSR count). The summed E-state index contributed by atoms with van der Waals surface area (Å²) < 4.78 is 0. The maximum absolute atomic E-state index is 3.81. The summed E-state index contributed by atoms with van der Waals surface area (Å²) in [6, 6.07) is 6.32. The summed E-state index contributed by atoms with van der Waals surface area (Å²) in [6.45, 7) is 7.52. The van der Waals surface area contributed by atoms with Crippen molar-refractivity contribution in [2.24, 2.45) is 0 Å². The third kappa shape index (κ3) is 2.42. The highest BCUT2D eigenvalue weighted by Crippen LogP contribution is 2.27. The Morgan fingerprint density at radius 2 is 2.00 bits per heavy atom. The molecule has 0 heterocycles. The quantitative estimate of drug-likeness (QED) is 0.690. The molecule has 0 saturated carbocycles. The minimum Gasteiger partial charge on any atom is -0.378 e. The normalized spacial score (nSPS) is 9.57. The van der Waals surface area contributed by atoms with Gasteiger partial charge in [0.15, 0.2) is 0 Å². The lowest BCUT2D eigenvalue weighted by Crippen LogP contribution is -2.08. The lowest BCUT2D eigenvalue weighted by atomic mass is 10.2. The second-order valence-corrected chi connectivity index (χ2v) is 4.11. The lowest BCUT2D eigenvalue weighted by molar-refractivity contribution is 1.12. The van der Waals surface area contributed by atoms with Gasteiger partial charge in [-0.15, -0.1) is 0 Å². The van der Waals surface area contributed by atoms with Crippen LogP contribution in [0.3, 0.4) is 0 Å². The van der Waals surface area contributed by atoms with Crippen LogP contribution in [0.1, 0.15) is 5.56 Å². The molecule has 2 heteroatoms. The Labute approximate surface area is 90.1 Å². The topological polar surface area (TPSA) is 3.24 Å². The second kappa shape index (κ2) is 4.91. The molecule has 1 nitrogen and oxygen atoms in total. The van der Waals surface area contributed by atoms with Crippen LogP contribution in [0, 0.1) is 0 Å². The van der Waals surface area contributed by atoms with Crippen LogP contribution in [0.2, 0.25) is 0 Å². The largest absolute Gasteiger partial charge is 0.378 e. The molecular weight excluding hydrogens is 190 g/mol. The van der Waals surface area contributed by atoms with Crippen molar-refractivity contribution in [2.75, 3.05) is 19.0 Å². The minimum atomic E-state index is 1.15. The molecule has 1 aromatic rings. The predicted molar refractivity (Wildman–Crippen MR) is 66.9 cm³/mol. The highest BCUT2D eigenvalue weighted by Gasteiger charge is 2.01. The van der Waals surface area contributed by atoms with E-state index < -0.39 is 0 Å². The first-order valence-electron chi connectivity index (χ1n) is 4.40. The first-order valence-corrected chi connectivity index (χ1v) is 5.28. The molecule has 0 fully saturated rings. The van der Waals surface area contributed by atoms with Gasteiger partial charge < -0.3 is 4.90 Å². The molecule has 0 N–H and O–H groups in total. The van der Waals surface area contributed by atoms with E-state index in [2.05, 4.69) is 36.3 Å². The molecule has 0 bridgehead atoms. The molecule has 0 saturated heterocycles. The summed E-state index contributed by atoms with van der Waals surface area (Å²) >= 11 is 1.62. The lowest BCUT2D eigenvalue weighted by Gasteiger charge is -2.14. The number of nitrogens with zero attached hydrogens (tertiary/aromatic N) is 1. The Hall–Kier alpha value is -1.15. The SMILES string of the molecule is C=CSc1ccc(N(C)C)cc1C=C. The van der Waals surface area contributed by atoms with Crippen molar-refractivity contribution in [3.8, 4) is 0 Å². The monoisotopic (exact) mass is 205 g/mol. The molecule has 0 aliphatic carbocycles. The van der Waals surface area contributed by atoms with E-state index in [4.69, 9.17) is 0 Å². The third-order valence-electron chi connectivity index (χ3n) is 1.94. The van der Waals surface area contributed by atoms with Gasteiger partial charge in [0.25, 0.3) is 0 Å². The summed E-state index contributed by atoms with van der Waals surface area (Å²) in [5.41, 5.74) is 2.34. The fraction of sp³-hybridized carbons (Fsp3) is 0.167. The van der Waals surface area contributed by atoms with Crippen LogP contribution in [0.15, 0.2) is 41.7 Å². The summed E-state index contributed by atoms with van der Waals surface area (Å²) in [5, 5.41) is 1.83. The van der Waals surface area contributed by atoms with Crippen LogP contribution in [0.5, 0.6) is 0 Å². The van der Waals surface area contributed by atoms with Crippen molar-refractivity contribution in [2.45, 2.75) is 4.90 Å². The van der Waals surface area contributed by atoms with Crippen LogP contribution in [0.25, 0.3) is 6.08 Å². The third-order valence-corrected chi connectivity index (χ3v) is 2.73. The highest BCUT2D eigenvalue weighted by molar-refractivity contribution is 8.02. The molecule has 0 radical (unpaired) electrons. The Bertz CT molecular complexity index is 342. The standard InChI is InChI=1S/C12H15NS/c1-5-10-9-11(13(3)4)7-8-12(10)14-6-2/h5-9H,1-2H2,3-4H3. The van der Waals surface area contributed by atoms with Crippen LogP contribution >= 0.6 is 11.8 Å². The molecule has 1 aromatic carbocycles. The van der Waals surface area contributed by atoms with Crippen molar-refractivity contribution in [1.82, 2.24) is 0 Å². The Kier molecular flexibility index (Phi) is 3.84. The van der Waals surface area contributed by atoms with Crippen LogP contribution in [-0.4, -0.2) is 14.1 Å². The average Bonchev–Trinajstić information content (AvgIpc) is 2.18. The van der Waals surface area contributed by atoms with Gasteiger partial charge in [-0.3, -0.25) is 0 Å². The van der Waals surface area contributed by atoms with Gasteiger partial charge in [-0.1, -0.05) is 31.0 Å². The smallest absolute Gasteiger partial charge is 0.0367 e. The van der Waals surface area contributed by atoms with Gasteiger partial charge in [-0.2, -0.15) is 0 Å². The molecule has 74 valence electrons. The number of thioether (sulfide) groups is 1. The summed E-state index contributed by atoms with van der Waals surface area (Å²) in [5.74, 6) is 0. The van der Waals surface area contributed by atoms with Crippen molar-refractivity contribution in [3.05, 3.63) is 42.3 Å². The molecule has 0 spiro atoms. The first kappa shape index (κ1) is 10.9. The van der Waals surface area contributed by atoms with Crippen molar-refractivity contribution in [1.29, 1.82) is 0 Å². The molecule has 0 amide bonds. The zero-order valence-corrected chi connectivity index (χ0v) is 9.47. The zero-order valence-electron chi connectivity index (χ0n) is 8.66. The molecule has 0 aliphatic heterocycles. The van der Waals surface area contributed by atoms with Crippen LogP contribution < -0.4 is 4.90 Å². The van der Waals surface area contributed by atoms with Gasteiger partial charge >= 0.3 is 0 Å². The van der Waals surface area contributed by atoms with Crippen LogP contribution in [-0.2, 0) is 0 Å². The highest BCUT2D eigenvalue weighted by atomic mass is 32.2. The van der Waals surface area contributed by atoms with E-state index in [-0.39, 0.29) is 0 Å². The van der Waals surface area contributed by atoms with E-state index in [1.807, 2.05) is 25.6 Å².